The third-order valence-electron chi connectivity index (χ3n) is 3.24. The molecule has 24 heavy (non-hydrogen) atoms. The molecule has 3 aromatic rings. The highest BCUT2D eigenvalue weighted by atomic mass is 32.2. The molecule has 0 saturated heterocycles. The molecule has 2 heterocycles. The van der Waals surface area contributed by atoms with E-state index < -0.39 is 0 Å². The van der Waals surface area contributed by atoms with Gasteiger partial charge in [-0.25, -0.2) is 4.39 Å². The van der Waals surface area contributed by atoms with E-state index in [-0.39, 0.29) is 17.5 Å². The van der Waals surface area contributed by atoms with Crippen LogP contribution in [0, 0.1) is 5.82 Å². The average molecular weight is 344 g/mol. The summed E-state index contributed by atoms with van der Waals surface area (Å²) in [6.07, 6.45) is 3.26. The molecule has 1 aromatic carbocycles. The SMILES string of the molecule is CN(C(=O)CSc1nnc(-c2ccncc2)o1)c1ccc(F)cc1. The lowest BCUT2D eigenvalue weighted by atomic mass is 10.3. The van der Waals surface area contributed by atoms with Crippen LogP contribution < -0.4 is 4.90 Å². The fourth-order valence-electron chi connectivity index (χ4n) is 1.91. The van der Waals surface area contributed by atoms with E-state index in [4.69, 9.17) is 4.42 Å². The third-order valence-corrected chi connectivity index (χ3v) is 4.04. The van der Waals surface area contributed by atoms with Crippen molar-refractivity contribution in [2.75, 3.05) is 17.7 Å². The van der Waals surface area contributed by atoms with Crippen LogP contribution in [0.25, 0.3) is 11.5 Å². The monoisotopic (exact) mass is 344 g/mol. The topological polar surface area (TPSA) is 72.1 Å². The fraction of sp³-hybridized carbons (Fsp3) is 0.125. The molecule has 3 rings (SSSR count). The van der Waals surface area contributed by atoms with Gasteiger partial charge in [-0.15, -0.1) is 10.2 Å². The van der Waals surface area contributed by atoms with Crippen molar-refractivity contribution in [1.29, 1.82) is 0 Å². The first-order chi connectivity index (χ1) is 11.6. The maximum absolute atomic E-state index is 12.9. The van der Waals surface area contributed by atoms with Gasteiger partial charge in [-0.2, -0.15) is 0 Å². The van der Waals surface area contributed by atoms with Gasteiger partial charge >= 0.3 is 0 Å². The van der Waals surface area contributed by atoms with E-state index in [0.717, 1.165) is 17.3 Å². The Bertz CT molecular complexity index is 824. The molecule has 8 heteroatoms. The van der Waals surface area contributed by atoms with Crippen LogP contribution in [-0.4, -0.2) is 33.9 Å². The van der Waals surface area contributed by atoms with Crippen molar-refractivity contribution in [2.45, 2.75) is 5.22 Å². The average Bonchev–Trinajstić information content (AvgIpc) is 3.09. The van der Waals surface area contributed by atoms with Crippen LogP contribution in [-0.2, 0) is 4.79 Å². The first-order valence-corrected chi connectivity index (χ1v) is 8.01. The predicted molar refractivity (Wildman–Crippen MR) is 88.1 cm³/mol. The summed E-state index contributed by atoms with van der Waals surface area (Å²) in [5.41, 5.74) is 1.38. The summed E-state index contributed by atoms with van der Waals surface area (Å²) in [4.78, 5) is 17.6. The van der Waals surface area contributed by atoms with Crippen LogP contribution in [0.1, 0.15) is 0 Å². The molecule has 0 atom stereocenters. The summed E-state index contributed by atoms with van der Waals surface area (Å²) in [5, 5.41) is 8.17. The van der Waals surface area contributed by atoms with Crippen molar-refractivity contribution in [1.82, 2.24) is 15.2 Å². The lowest BCUT2D eigenvalue weighted by Gasteiger charge is -2.16. The number of carbonyl (C=O) groups excluding carboxylic acids is 1. The van der Waals surface area contributed by atoms with Gasteiger partial charge in [-0.05, 0) is 36.4 Å². The molecule has 2 aromatic heterocycles. The largest absolute Gasteiger partial charge is 0.411 e. The summed E-state index contributed by atoms with van der Waals surface area (Å²) in [6, 6.07) is 9.24. The maximum atomic E-state index is 12.9. The number of aromatic nitrogens is 3. The molecular formula is C16H13FN4O2S. The highest BCUT2D eigenvalue weighted by molar-refractivity contribution is 7.99. The number of thioether (sulfide) groups is 1. The Morgan fingerprint density at radius 3 is 2.58 bits per heavy atom. The molecule has 0 fully saturated rings. The molecule has 0 bridgehead atoms. The molecule has 122 valence electrons. The van der Waals surface area contributed by atoms with Crippen LogP contribution in [0.3, 0.4) is 0 Å². The molecule has 0 aliphatic carbocycles. The van der Waals surface area contributed by atoms with Gasteiger partial charge in [-0.1, -0.05) is 11.8 Å². The van der Waals surface area contributed by atoms with E-state index in [1.807, 2.05) is 0 Å². The highest BCUT2D eigenvalue weighted by Crippen LogP contribution is 2.23. The number of rotatable bonds is 5. The van der Waals surface area contributed by atoms with E-state index in [1.54, 1.807) is 43.7 Å². The number of hydrogen-bond acceptors (Lipinski definition) is 6. The van der Waals surface area contributed by atoms with Gasteiger partial charge in [0.05, 0.1) is 5.75 Å². The molecule has 0 radical (unpaired) electrons. The summed E-state index contributed by atoms with van der Waals surface area (Å²) in [6.45, 7) is 0. The standard InChI is InChI=1S/C16H13FN4O2S/c1-21(13-4-2-12(17)3-5-13)14(22)10-24-16-20-19-15(23-16)11-6-8-18-9-7-11/h2-9H,10H2,1H3. The molecular weight excluding hydrogens is 331 g/mol. The van der Waals surface area contributed by atoms with E-state index in [2.05, 4.69) is 15.2 Å². The van der Waals surface area contributed by atoms with Gasteiger partial charge in [0.15, 0.2) is 0 Å². The number of hydrogen-bond donors (Lipinski definition) is 0. The van der Waals surface area contributed by atoms with Crippen LogP contribution in [0.2, 0.25) is 0 Å². The predicted octanol–water partition coefficient (Wildman–Crippen LogP) is 3.03. The fourth-order valence-corrected chi connectivity index (χ4v) is 2.59. The van der Waals surface area contributed by atoms with Crippen molar-refractivity contribution in [3.63, 3.8) is 0 Å². The van der Waals surface area contributed by atoms with Crippen LogP contribution >= 0.6 is 11.8 Å². The minimum atomic E-state index is -0.344. The number of halogens is 1. The van der Waals surface area contributed by atoms with Crippen molar-refractivity contribution in [3.8, 4) is 11.5 Å². The third kappa shape index (κ3) is 3.77. The van der Waals surface area contributed by atoms with E-state index in [9.17, 15) is 9.18 Å². The second-order valence-corrected chi connectivity index (χ2v) is 5.75. The van der Waals surface area contributed by atoms with Gasteiger partial charge < -0.3 is 9.32 Å². The lowest BCUT2D eigenvalue weighted by Crippen LogP contribution is -2.27. The smallest absolute Gasteiger partial charge is 0.277 e. The molecule has 6 nitrogen and oxygen atoms in total. The quantitative estimate of drug-likeness (QED) is 0.663. The van der Waals surface area contributed by atoms with Crippen LogP contribution in [0.5, 0.6) is 0 Å². The van der Waals surface area contributed by atoms with Crippen molar-refractivity contribution in [2.24, 2.45) is 0 Å². The van der Waals surface area contributed by atoms with Crippen molar-refractivity contribution < 1.29 is 13.6 Å². The Morgan fingerprint density at radius 2 is 1.88 bits per heavy atom. The number of pyridine rings is 1. The zero-order chi connectivity index (χ0) is 16.9. The lowest BCUT2D eigenvalue weighted by molar-refractivity contribution is -0.115. The van der Waals surface area contributed by atoms with E-state index in [1.165, 1.54) is 17.0 Å². The zero-order valence-corrected chi connectivity index (χ0v) is 13.5. The Morgan fingerprint density at radius 1 is 1.17 bits per heavy atom. The molecule has 0 aliphatic heterocycles. The number of nitrogens with zero attached hydrogens (tertiary/aromatic N) is 4. The number of anilines is 1. The van der Waals surface area contributed by atoms with E-state index >= 15 is 0 Å². The van der Waals surface area contributed by atoms with Gasteiger partial charge in [0.25, 0.3) is 5.22 Å². The summed E-state index contributed by atoms with van der Waals surface area (Å²) in [5.74, 6) is 0.00394. The summed E-state index contributed by atoms with van der Waals surface area (Å²) < 4.78 is 18.4. The zero-order valence-electron chi connectivity index (χ0n) is 12.7. The van der Waals surface area contributed by atoms with Crippen LogP contribution in [0.15, 0.2) is 58.4 Å². The van der Waals surface area contributed by atoms with Crippen LogP contribution in [0.4, 0.5) is 10.1 Å². The van der Waals surface area contributed by atoms with E-state index in [0.29, 0.717) is 16.8 Å². The number of carbonyl (C=O) groups is 1. The highest BCUT2D eigenvalue weighted by Gasteiger charge is 2.15. The Hall–Kier alpha value is -2.74. The Balaban J connectivity index is 1.60. The van der Waals surface area contributed by atoms with Crippen molar-refractivity contribution in [3.05, 3.63) is 54.6 Å². The van der Waals surface area contributed by atoms with Gasteiger partial charge in [-0.3, -0.25) is 9.78 Å². The number of benzene rings is 1. The summed E-state index contributed by atoms with van der Waals surface area (Å²) in [7, 11) is 1.63. The van der Waals surface area contributed by atoms with Gasteiger partial charge in [0, 0.05) is 30.7 Å². The second-order valence-electron chi connectivity index (χ2n) is 4.83. The first-order valence-electron chi connectivity index (χ1n) is 7.02. The molecule has 0 spiro atoms. The normalized spacial score (nSPS) is 10.6. The second kappa shape index (κ2) is 7.22. The minimum absolute atomic E-state index is 0.131. The molecule has 0 N–H and O–H groups in total. The first kappa shape index (κ1) is 16.1. The minimum Gasteiger partial charge on any atom is -0.411 e. The maximum Gasteiger partial charge on any atom is 0.277 e. The summed E-state index contributed by atoms with van der Waals surface area (Å²) >= 11 is 1.15. The molecule has 1 amide bonds. The Labute approximate surface area is 141 Å². The molecule has 0 saturated carbocycles. The molecule has 0 aliphatic rings. The Kier molecular flexibility index (Phi) is 4.85. The van der Waals surface area contributed by atoms with Gasteiger partial charge in [0.2, 0.25) is 11.8 Å². The number of amides is 1. The van der Waals surface area contributed by atoms with Gasteiger partial charge in [0.1, 0.15) is 5.82 Å². The van der Waals surface area contributed by atoms with Crippen molar-refractivity contribution >= 4 is 23.4 Å². The molecule has 0 unspecified atom stereocenters.